The molecular weight excluding hydrogens is 306 g/mol. The number of thioether (sulfide) groups is 1. The van der Waals surface area contributed by atoms with Crippen LogP contribution in [0.1, 0.15) is 17.3 Å². The Labute approximate surface area is 112 Å². The minimum atomic E-state index is -0.957. The summed E-state index contributed by atoms with van der Waals surface area (Å²) in [5, 5.41) is 11.6. The summed E-state index contributed by atoms with van der Waals surface area (Å²) >= 11 is 4.69. The third-order valence-electron chi connectivity index (χ3n) is 1.91. The van der Waals surface area contributed by atoms with Crippen LogP contribution in [0.15, 0.2) is 27.6 Å². The van der Waals surface area contributed by atoms with E-state index in [0.29, 0.717) is 16.8 Å². The van der Waals surface area contributed by atoms with Gasteiger partial charge in [-0.15, -0.1) is 11.8 Å². The van der Waals surface area contributed by atoms with Gasteiger partial charge in [-0.1, -0.05) is 0 Å². The number of benzene rings is 1. The maximum absolute atomic E-state index is 10.9. The van der Waals surface area contributed by atoms with Gasteiger partial charge in [0.2, 0.25) is 5.91 Å². The van der Waals surface area contributed by atoms with Gasteiger partial charge in [0.1, 0.15) is 0 Å². The van der Waals surface area contributed by atoms with Gasteiger partial charge in [-0.05, 0) is 34.1 Å². The van der Waals surface area contributed by atoms with E-state index in [4.69, 9.17) is 5.11 Å². The Morgan fingerprint density at radius 1 is 1.47 bits per heavy atom. The molecule has 4 nitrogen and oxygen atoms in total. The summed E-state index contributed by atoms with van der Waals surface area (Å²) in [5.74, 6) is -0.311. The van der Waals surface area contributed by atoms with Crippen LogP contribution in [0.2, 0.25) is 0 Å². The molecule has 0 aliphatic rings. The smallest absolute Gasteiger partial charge is 0.336 e. The Morgan fingerprint density at radius 3 is 2.76 bits per heavy atom. The first kappa shape index (κ1) is 14.1. The van der Waals surface area contributed by atoms with Gasteiger partial charge in [0.25, 0.3) is 0 Å². The number of hydrogen-bond acceptors (Lipinski definition) is 3. The second-order valence-electron chi connectivity index (χ2n) is 3.28. The summed E-state index contributed by atoms with van der Waals surface area (Å²) < 4.78 is 0.566. The van der Waals surface area contributed by atoms with Crippen LogP contribution >= 0.6 is 27.7 Å². The number of aromatic carboxylic acids is 1. The van der Waals surface area contributed by atoms with E-state index in [1.165, 1.54) is 18.7 Å². The van der Waals surface area contributed by atoms with Crippen molar-refractivity contribution in [3.63, 3.8) is 0 Å². The fraction of sp³-hybridized carbons (Fsp3) is 0.273. The van der Waals surface area contributed by atoms with Crippen molar-refractivity contribution < 1.29 is 14.7 Å². The molecule has 1 aromatic rings. The standard InChI is InChI=1S/C11H12BrNO3S/c1-7(14)13-4-5-17-8-2-3-10(12)9(6-8)11(15)16/h2-3,6H,4-5H2,1H3,(H,13,14)(H,15,16). The van der Waals surface area contributed by atoms with Gasteiger partial charge in [-0.3, -0.25) is 4.79 Å². The van der Waals surface area contributed by atoms with E-state index in [2.05, 4.69) is 21.2 Å². The minimum Gasteiger partial charge on any atom is -0.478 e. The van der Waals surface area contributed by atoms with Gasteiger partial charge in [-0.2, -0.15) is 0 Å². The average molecular weight is 318 g/mol. The number of carboxylic acid groups (broad SMARTS) is 1. The van der Waals surface area contributed by atoms with E-state index in [9.17, 15) is 9.59 Å². The topological polar surface area (TPSA) is 66.4 Å². The van der Waals surface area contributed by atoms with Crippen LogP contribution in [-0.4, -0.2) is 29.3 Å². The van der Waals surface area contributed by atoms with Gasteiger partial charge >= 0.3 is 5.97 Å². The van der Waals surface area contributed by atoms with Crippen molar-refractivity contribution in [2.75, 3.05) is 12.3 Å². The molecule has 17 heavy (non-hydrogen) atoms. The highest BCUT2D eigenvalue weighted by atomic mass is 79.9. The molecule has 0 aliphatic carbocycles. The van der Waals surface area contributed by atoms with Gasteiger partial charge in [0, 0.05) is 28.6 Å². The van der Waals surface area contributed by atoms with Crippen LogP contribution in [-0.2, 0) is 4.79 Å². The number of rotatable bonds is 5. The zero-order valence-corrected chi connectivity index (χ0v) is 11.6. The monoisotopic (exact) mass is 317 g/mol. The van der Waals surface area contributed by atoms with E-state index in [-0.39, 0.29) is 11.5 Å². The molecule has 1 amide bonds. The number of carboxylic acids is 1. The first-order valence-electron chi connectivity index (χ1n) is 4.91. The van der Waals surface area contributed by atoms with Gasteiger partial charge in [0.05, 0.1) is 5.56 Å². The number of carbonyl (C=O) groups is 2. The van der Waals surface area contributed by atoms with Crippen molar-refractivity contribution in [3.8, 4) is 0 Å². The first-order valence-corrected chi connectivity index (χ1v) is 6.68. The van der Waals surface area contributed by atoms with Crippen LogP contribution in [0.25, 0.3) is 0 Å². The molecule has 0 saturated heterocycles. The predicted octanol–water partition coefficient (Wildman–Crippen LogP) is 2.38. The zero-order chi connectivity index (χ0) is 12.8. The molecule has 1 rings (SSSR count). The van der Waals surface area contributed by atoms with Gasteiger partial charge < -0.3 is 10.4 Å². The van der Waals surface area contributed by atoms with Crippen LogP contribution in [0.3, 0.4) is 0 Å². The fourth-order valence-corrected chi connectivity index (χ4v) is 2.38. The first-order chi connectivity index (χ1) is 8.00. The van der Waals surface area contributed by atoms with Crippen LogP contribution in [0.4, 0.5) is 0 Å². The summed E-state index contributed by atoms with van der Waals surface area (Å²) in [6, 6.07) is 5.17. The Kier molecular flexibility index (Phi) is 5.50. The summed E-state index contributed by atoms with van der Waals surface area (Å²) in [7, 11) is 0. The average Bonchev–Trinajstić information content (AvgIpc) is 2.25. The van der Waals surface area contributed by atoms with Crippen molar-refractivity contribution in [3.05, 3.63) is 28.2 Å². The molecule has 6 heteroatoms. The molecule has 0 heterocycles. The van der Waals surface area contributed by atoms with E-state index < -0.39 is 5.97 Å². The molecule has 0 unspecified atom stereocenters. The maximum atomic E-state index is 10.9. The minimum absolute atomic E-state index is 0.0624. The summed E-state index contributed by atoms with van der Waals surface area (Å²) in [6.07, 6.45) is 0. The van der Waals surface area contributed by atoms with Crippen LogP contribution < -0.4 is 5.32 Å². The van der Waals surface area contributed by atoms with Crippen molar-refractivity contribution in [2.45, 2.75) is 11.8 Å². The quantitative estimate of drug-likeness (QED) is 0.646. The number of halogens is 1. The largest absolute Gasteiger partial charge is 0.478 e. The van der Waals surface area contributed by atoms with Gasteiger partial charge in [-0.25, -0.2) is 4.79 Å². The normalized spacial score (nSPS) is 10.0. The predicted molar refractivity (Wildman–Crippen MR) is 70.5 cm³/mol. The second kappa shape index (κ2) is 6.66. The molecule has 1 aromatic carbocycles. The third-order valence-corrected chi connectivity index (χ3v) is 3.60. The Hall–Kier alpha value is -1.01. The van der Waals surface area contributed by atoms with Crippen LogP contribution in [0, 0.1) is 0 Å². The van der Waals surface area contributed by atoms with Crippen LogP contribution in [0.5, 0.6) is 0 Å². The van der Waals surface area contributed by atoms with Crippen molar-refractivity contribution in [1.82, 2.24) is 5.32 Å². The highest BCUT2D eigenvalue weighted by Gasteiger charge is 2.08. The summed E-state index contributed by atoms with van der Waals surface area (Å²) in [4.78, 5) is 22.4. The Balaban J connectivity index is 2.57. The van der Waals surface area contributed by atoms with E-state index in [1.807, 2.05) is 6.07 Å². The molecule has 2 N–H and O–H groups in total. The molecule has 92 valence electrons. The van der Waals surface area contributed by atoms with Crippen molar-refractivity contribution in [1.29, 1.82) is 0 Å². The molecule has 0 fully saturated rings. The molecule has 0 radical (unpaired) electrons. The Bertz CT molecular complexity index is 437. The van der Waals surface area contributed by atoms with E-state index in [0.717, 1.165) is 4.90 Å². The lowest BCUT2D eigenvalue weighted by Gasteiger charge is -2.05. The van der Waals surface area contributed by atoms with E-state index >= 15 is 0 Å². The lowest BCUT2D eigenvalue weighted by molar-refractivity contribution is -0.118. The molecule has 0 atom stereocenters. The Morgan fingerprint density at radius 2 is 2.18 bits per heavy atom. The zero-order valence-electron chi connectivity index (χ0n) is 9.20. The SMILES string of the molecule is CC(=O)NCCSc1ccc(Br)c(C(=O)O)c1. The number of amides is 1. The number of nitrogens with one attached hydrogen (secondary N) is 1. The molecular formula is C11H12BrNO3S. The number of hydrogen-bond donors (Lipinski definition) is 2. The van der Waals surface area contributed by atoms with E-state index in [1.54, 1.807) is 12.1 Å². The highest BCUT2D eigenvalue weighted by molar-refractivity contribution is 9.10. The maximum Gasteiger partial charge on any atom is 0.336 e. The second-order valence-corrected chi connectivity index (χ2v) is 5.30. The summed E-state index contributed by atoms with van der Waals surface area (Å²) in [6.45, 7) is 2.03. The lowest BCUT2D eigenvalue weighted by Crippen LogP contribution is -2.22. The molecule has 0 aliphatic heterocycles. The molecule has 0 spiro atoms. The molecule has 0 bridgehead atoms. The van der Waals surface area contributed by atoms with Crippen molar-refractivity contribution >= 4 is 39.6 Å². The fourth-order valence-electron chi connectivity index (χ4n) is 1.15. The third kappa shape index (κ3) is 4.79. The lowest BCUT2D eigenvalue weighted by atomic mass is 10.2. The summed E-state index contributed by atoms with van der Waals surface area (Å²) in [5.41, 5.74) is 0.245. The molecule has 0 aromatic heterocycles. The highest BCUT2D eigenvalue weighted by Crippen LogP contribution is 2.24. The van der Waals surface area contributed by atoms with Gasteiger partial charge in [0.15, 0.2) is 0 Å². The molecule has 0 saturated carbocycles. The van der Waals surface area contributed by atoms with Crippen molar-refractivity contribution in [2.24, 2.45) is 0 Å². The number of carbonyl (C=O) groups excluding carboxylic acids is 1.